The average molecular weight is 687 g/mol. The Morgan fingerprint density at radius 3 is 1.84 bits per heavy atom. The molecular weight excluding hydrogens is 640 g/mol. The monoisotopic (exact) mass is 686 g/mol. The van der Waals surface area contributed by atoms with Crippen molar-refractivity contribution in [1.29, 1.82) is 0 Å². The first-order chi connectivity index (χ1) is 23.9. The van der Waals surface area contributed by atoms with Gasteiger partial charge in [0, 0.05) is 19.4 Å². The molecule has 0 unspecified atom stereocenters. The van der Waals surface area contributed by atoms with E-state index in [4.69, 9.17) is 9.47 Å². The Morgan fingerprint density at radius 1 is 0.760 bits per heavy atom. The number of carboxylic acids is 1. The van der Waals surface area contributed by atoms with Crippen molar-refractivity contribution >= 4 is 29.8 Å². The lowest BCUT2D eigenvalue weighted by atomic mass is 10.0. The zero-order valence-electron chi connectivity index (χ0n) is 28.7. The van der Waals surface area contributed by atoms with Crippen LogP contribution in [0.3, 0.4) is 0 Å². The Kier molecular flexibility index (Phi) is 13.5. The number of rotatable bonds is 15. The molecule has 3 aromatic carbocycles. The maximum atomic E-state index is 14.2. The van der Waals surface area contributed by atoms with E-state index in [9.17, 15) is 29.1 Å². The van der Waals surface area contributed by atoms with Crippen LogP contribution < -0.4 is 16.0 Å². The van der Waals surface area contributed by atoms with E-state index >= 15 is 0 Å². The van der Waals surface area contributed by atoms with E-state index in [1.807, 2.05) is 66.7 Å². The Bertz CT molecular complexity index is 1580. The van der Waals surface area contributed by atoms with Crippen LogP contribution in [0.15, 0.2) is 91.0 Å². The third-order valence-electron chi connectivity index (χ3n) is 8.04. The normalized spacial score (nSPS) is 16.1. The molecule has 4 amide bonds. The number of hydrogen-bond donors (Lipinski definition) is 4. The second kappa shape index (κ2) is 18.0. The van der Waals surface area contributed by atoms with E-state index in [0.29, 0.717) is 12.8 Å². The molecule has 1 fully saturated rings. The predicted octanol–water partition coefficient (Wildman–Crippen LogP) is 3.63. The van der Waals surface area contributed by atoms with Crippen molar-refractivity contribution in [2.75, 3.05) is 13.2 Å². The Balaban J connectivity index is 1.53. The molecular formula is C38H46N4O8. The van der Waals surface area contributed by atoms with Crippen molar-refractivity contribution < 1.29 is 38.6 Å². The molecule has 4 rings (SSSR count). The smallest absolute Gasteiger partial charge is 0.408 e. The number of ether oxygens (including phenoxy) is 2. The molecule has 266 valence electrons. The van der Waals surface area contributed by atoms with Gasteiger partial charge < -0.3 is 35.4 Å². The quantitative estimate of drug-likeness (QED) is 0.188. The first-order valence-electron chi connectivity index (χ1n) is 16.7. The van der Waals surface area contributed by atoms with Crippen molar-refractivity contribution in [3.8, 4) is 0 Å². The molecule has 0 saturated carbocycles. The largest absolute Gasteiger partial charge is 0.480 e. The fourth-order valence-corrected chi connectivity index (χ4v) is 5.65. The third kappa shape index (κ3) is 11.7. The van der Waals surface area contributed by atoms with Gasteiger partial charge >= 0.3 is 12.1 Å². The molecule has 1 aliphatic rings. The standard InChI is InChI=1S/C38H46N4O8/c1-38(2,3)50-37(48)41-29(22-26-14-7-4-8-15-26)33(43)40-31(25-49-24-28-18-11-6-12-19-28)35(45)42-21-13-20-32(42)34(44)39-30(36(46)47)23-27-16-9-5-10-17-27/h4-12,14-19,29-32H,13,20-25H2,1-3H3,(H,39,44)(H,40,43)(H,41,48)(H,46,47)/t29-,30-,31-,32-/m0/s1. The number of hydrogen-bond acceptors (Lipinski definition) is 7. The molecule has 3 aromatic rings. The first-order valence-corrected chi connectivity index (χ1v) is 16.7. The van der Waals surface area contributed by atoms with E-state index in [1.165, 1.54) is 4.90 Å². The van der Waals surface area contributed by atoms with Gasteiger partial charge in [0.2, 0.25) is 17.7 Å². The number of aliphatic carboxylic acids is 1. The summed E-state index contributed by atoms with van der Waals surface area (Å²) in [4.78, 5) is 67.8. The number of nitrogens with one attached hydrogen (secondary N) is 3. The van der Waals surface area contributed by atoms with Gasteiger partial charge in [-0.15, -0.1) is 0 Å². The van der Waals surface area contributed by atoms with Crippen LogP contribution in [0, 0.1) is 0 Å². The van der Waals surface area contributed by atoms with Gasteiger partial charge in [0.25, 0.3) is 0 Å². The number of carbonyl (C=O) groups excluding carboxylic acids is 4. The molecule has 1 saturated heterocycles. The highest BCUT2D eigenvalue weighted by Gasteiger charge is 2.40. The average Bonchev–Trinajstić information content (AvgIpc) is 3.58. The molecule has 12 heteroatoms. The SMILES string of the molecule is CC(C)(C)OC(=O)N[C@@H](Cc1ccccc1)C(=O)N[C@@H](COCc1ccccc1)C(=O)N1CCC[C@H]1C(=O)N[C@@H](Cc1ccccc1)C(=O)O. The highest BCUT2D eigenvalue weighted by molar-refractivity contribution is 5.95. The molecule has 1 aliphatic heterocycles. The molecule has 0 aliphatic carbocycles. The molecule has 0 aromatic heterocycles. The van der Waals surface area contributed by atoms with E-state index in [0.717, 1.165) is 16.7 Å². The minimum atomic E-state index is -1.22. The van der Waals surface area contributed by atoms with Gasteiger partial charge in [-0.05, 0) is 50.3 Å². The predicted molar refractivity (Wildman–Crippen MR) is 186 cm³/mol. The minimum Gasteiger partial charge on any atom is -0.480 e. The molecule has 0 bridgehead atoms. The van der Waals surface area contributed by atoms with Gasteiger partial charge in [-0.1, -0.05) is 91.0 Å². The van der Waals surface area contributed by atoms with Crippen LogP contribution in [0.1, 0.15) is 50.3 Å². The topological polar surface area (TPSA) is 163 Å². The summed E-state index contributed by atoms with van der Waals surface area (Å²) in [5, 5.41) is 17.9. The van der Waals surface area contributed by atoms with Gasteiger partial charge in [0.15, 0.2) is 0 Å². The van der Waals surface area contributed by atoms with Crippen LogP contribution in [0.4, 0.5) is 4.79 Å². The van der Waals surface area contributed by atoms with Gasteiger partial charge in [-0.25, -0.2) is 9.59 Å². The fraction of sp³-hybridized carbons (Fsp3) is 0.395. The lowest BCUT2D eigenvalue weighted by Crippen LogP contribution is -2.59. The summed E-state index contributed by atoms with van der Waals surface area (Å²) in [7, 11) is 0. The van der Waals surface area contributed by atoms with Crippen LogP contribution >= 0.6 is 0 Å². The summed E-state index contributed by atoms with van der Waals surface area (Å²) in [6.07, 6.45) is 0.212. The van der Waals surface area contributed by atoms with Crippen LogP contribution in [-0.4, -0.2) is 82.7 Å². The number of benzene rings is 3. The Morgan fingerprint density at radius 2 is 1.30 bits per heavy atom. The summed E-state index contributed by atoms with van der Waals surface area (Å²) >= 11 is 0. The molecule has 50 heavy (non-hydrogen) atoms. The Hall–Kier alpha value is -5.23. The van der Waals surface area contributed by atoms with Crippen molar-refractivity contribution in [1.82, 2.24) is 20.9 Å². The maximum Gasteiger partial charge on any atom is 0.408 e. The summed E-state index contributed by atoms with van der Waals surface area (Å²) < 4.78 is 11.3. The van der Waals surface area contributed by atoms with Gasteiger partial charge in [-0.3, -0.25) is 14.4 Å². The first kappa shape index (κ1) is 37.6. The molecule has 4 N–H and O–H groups in total. The lowest BCUT2D eigenvalue weighted by molar-refractivity contribution is -0.145. The van der Waals surface area contributed by atoms with Crippen molar-refractivity contribution in [2.45, 2.75) is 82.8 Å². The second-order valence-corrected chi connectivity index (χ2v) is 13.2. The van der Waals surface area contributed by atoms with Crippen LogP contribution in [0.5, 0.6) is 0 Å². The van der Waals surface area contributed by atoms with E-state index in [-0.39, 0.29) is 32.6 Å². The van der Waals surface area contributed by atoms with E-state index in [1.54, 1.807) is 45.0 Å². The number of carboxylic acid groups (broad SMARTS) is 1. The minimum absolute atomic E-state index is 0.0715. The lowest BCUT2D eigenvalue weighted by Gasteiger charge is -2.30. The van der Waals surface area contributed by atoms with Crippen molar-refractivity contribution in [2.24, 2.45) is 0 Å². The molecule has 0 spiro atoms. The highest BCUT2D eigenvalue weighted by Crippen LogP contribution is 2.20. The van der Waals surface area contributed by atoms with Crippen LogP contribution in [0.2, 0.25) is 0 Å². The zero-order valence-corrected chi connectivity index (χ0v) is 28.7. The van der Waals surface area contributed by atoms with E-state index < -0.39 is 59.6 Å². The summed E-state index contributed by atoms with van der Waals surface area (Å²) in [5.74, 6) is -2.99. The van der Waals surface area contributed by atoms with Crippen molar-refractivity contribution in [3.05, 3.63) is 108 Å². The second-order valence-electron chi connectivity index (χ2n) is 13.2. The molecule has 0 radical (unpaired) electrons. The van der Waals surface area contributed by atoms with Crippen LogP contribution in [-0.2, 0) is 48.1 Å². The van der Waals surface area contributed by atoms with E-state index in [2.05, 4.69) is 16.0 Å². The number of alkyl carbamates (subject to hydrolysis) is 1. The maximum absolute atomic E-state index is 14.2. The number of carbonyl (C=O) groups is 5. The summed E-state index contributed by atoms with van der Waals surface area (Å²) in [6, 6.07) is 22.9. The number of nitrogens with zero attached hydrogens (tertiary/aromatic N) is 1. The van der Waals surface area contributed by atoms with Gasteiger partial charge in [0.1, 0.15) is 29.8 Å². The fourth-order valence-electron chi connectivity index (χ4n) is 5.65. The van der Waals surface area contributed by atoms with Crippen LogP contribution in [0.25, 0.3) is 0 Å². The summed E-state index contributed by atoms with van der Waals surface area (Å²) in [5.41, 5.74) is 1.55. The molecule has 4 atom stereocenters. The zero-order chi connectivity index (χ0) is 36.1. The van der Waals surface area contributed by atoms with Gasteiger partial charge in [-0.2, -0.15) is 0 Å². The number of amides is 4. The van der Waals surface area contributed by atoms with Gasteiger partial charge in [0.05, 0.1) is 13.2 Å². The molecule has 12 nitrogen and oxygen atoms in total. The third-order valence-corrected chi connectivity index (χ3v) is 8.04. The summed E-state index contributed by atoms with van der Waals surface area (Å²) in [6.45, 7) is 5.29. The highest BCUT2D eigenvalue weighted by atomic mass is 16.6. The Labute approximate surface area is 292 Å². The molecule has 1 heterocycles. The number of likely N-dealkylation sites (tertiary alicyclic amines) is 1. The van der Waals surface area contributed by atoms with Crippen molar-refractivity contribution in [3.63, 3.8) is 0 Å².